The number of piperidine rings is 2. The molecular weight excluding hydrogens is 336 g/mol. The van der Waals surface area contributed by atoms with Crippen LogP contribution in [-0.2, 0) is 10.4 Å². The molecular formula is C23H32N2O2. The molecule has 27 heavy (non-hydrogen) atoms. The fourth-order valence-electron chi connectivity index (χ4n) is 4.68. The van der Waals surface area contributed by atoms with Crippen molar-refractivity contribution in [3.05, 3.63) is 41.0 Å². The van der Waals surface area contributed by atoms with Crippen molar-refractivity contribution in [2.45, 2.75) is 63.5 Å². The third-order valence-corrected chi connectivity index (χ3v) is 6.89. The Balaban J connectivity index is 1.36. The predicted octanol–water partition coefficient (Wildman–Crippen LogP) is 3.55. The van der Waals surface area contributed by atoms with E-state index in [1.54, 1.807) is 12.5 Å². The first-order valence-electron chi connectivity index (χ1n) is 10.6. The van der Waals surface area contributed by atoms with E-state index >= 15 is 0 Å². The molecule has 146 valence electrons. The summed E-state index contributed by atoms with van der Waals surface area (Å²) in [5.74, 6) is 0.0994. The SMILES string of the molecule is CC(=O)N1CCC(O)(c2ccc(C=C3CCN(C4CCC4)CC3)cc2)CC1. The Hall–Kier alpha value is -1.65. The monoisotopic (exact) mass is 368 g/mol. The van der Waals surface area contributed by atoms with Gasteiger partial charge in [0.25, 0.3) is 0 Å². The van der Waals surface area contributed by atoms with Gasteiger partial charge in [-0.15, -0.1) is 0 Å². The first kappa shape index (κ1) is 18.7. The third-order valence-electron chi connectivity index (χ3n) is 6.89. The molecule has 1 aliphatic carbocycles. The predicted molar refractivity (Wildman–Crippen MR) is 108 cm³/mol. The highest BCUT2D eigenvalue weighted by Gasteiger charge is 2.34. The van der Waals surface area contributed by atoms with Crippen LogP contribution in [0.2, 0.25) is 0 Å². The second-order valence-electron chi connectivity index (χ2n) is 8.58. The zero-order valence-electron chi connectivity index (χ0n) is 16.5. The zero-order chi connectivity index (χ0) is 18.9. The van der Waals surface area contributed by atoms with Crippen molar-refractivity contribution in [2.24, 2.45) is 0 Å². The molecule has 3 aliphatic rings. The molecule has 1 N–H and O–H groups in total. The largest absolute Gasteiger partial charge is 0.385 e. The van der Waals surface area contributed by atoms with E-state index in [0.717, 1.165) is 11.6 Å². The number of aliphatic hydroxyl groups is 1. The summed E-state index contributed by atoms with van der Waals surface area (Å²) in [7, 11) is 0. The molecule has 4 nitrogen and oxygen atoms in total. The number of amides is 1. The van der Waals surface area contributed by atoms with Gasteiger partial charge in [-0.3, -0.25) is 9.69 Å². The summed E-state index contributed by atoms with van der Waals surface area (Å²) in [6, 6.07) is 9.27. The summed E-state index contributed by atoms with van der Waals surface area (Å²) in [5.41, 5.74) is 2.96. The quantitative estimate of drug-likeness (QED) is 0.887. The number of benzene rings is 1. The van der Waals surface area contributed by atoms with Gasteiger partial charge in [-0.1, -0.05) is 42.3 Å². The van der Waals surface area contributed by atoms with E-state index < -0.39 is 5.60 Å². The fourth-order valence-corrected chi connectivity index (χ4v) is 4.68. The number of likely N-dealkylation sites (tertiary alicyclic amines) is 2. The second-order valence-corrected chi connectivity index (χ2v) is 8.58. The van der Waals surface area contributed by atoms with Crippen molar-refractivity contribution in [3.63, 3.8) is 0 Å². The Morgan fingerprint density at radius 1 is 1.07 bits per heavy atom. The Morgan fingerprint density at radius 2 is 1.70 bits per heavy atom. The number of carbonyl (C=O) groups is 1. The van der Waals surface area contributed by atoms with E-state index in [4.69, 9.17) is 0 Å². The van der Waals surface area contributed by atoms with Crippen LogP contribution in [0, 0.1) is 0 Å². The standard InChI is InChI=1S/C23H32N2O2/c1-18(26)24-15-11-23(27,12-16-24)21-7-5-19(6-8-21)17-20-9-13-25(14-10-20)22-3-2-4-22/h5-8,17,22,27H,2-4,9-16H2,1H3. The van der Waals surface area contributed by atoms with Crippen LogP contribution in [0.25, 0.3) is 6.08 Å². The first-order chi connectivity index (χ1) is 13.0. The number of carbonyl (C=O) groups excluding carboxylic acids is 1. The number of rotatable bonds is 3. The van der Waals surface area contributed by atoms with Crippen LogP contribution in [0.5, 0.6) is 0 Å². The Kier molecular flexibility index (Phi) is 5.38. The highest BCUT2D eigenvalue weighted by Crippen LogP contribution is 2.33. The van der Waals surface area contributed by atoms with Gasteiger partial charge in [-0.25, -0.2) is 0 Å². The van der Waals surface area contributed by atoms with Gasteiger partial charge in [0.2, 0.25) is 5.91 Å². The van der Waals surface area contributed by atoms with E-state index in [0.29, 0.717) is 25.9 Å². The molecule has 1 amide bonds. The van der Waals surface area contributed by atoms with Gasteiger partial charge in [0.05, 0.1) is 5.60 Å². The molecule has 0 bridgehead atoms. The van der Waals surface area contributed by atoms with Crippen molar-refractivity contribution in [1.82, 2.24) is 9.80 Å². The van der Waals surface area contributed by atoms with E-state index in [9.17, 15) is 9.90 Å². The average molecular weight is 369 g/mol. The highest BCUT2D eigenvalue weighted by atomic mass is 16.3. The van der Waals surface area contributed by atoms with Gasteiger partial charge in [0.1, 0.15) is 0 Å². The molecule has 0 unspecified atom stereocenters. The lowest BCUT2D eigenvalue weighted by molar-refractivity contribution is -0.133. The molecule has 4 rings (SSSR count). The molecule has 2 saturated heterocycles. The van der Waals surface area contributed by atoms with Crippen molar-refractivity contribution in [2.75, 3.05) is 26.2 Å². The first-order valence-corrected chi connectivity index (χ1v) is 10.6. The van der Waals surface area contributed by atoms with Crippen molar-refractivity contribution >= 4 is 12.0 Å². The smallest absolute Gasteiger partial charge is 0.219 e. The summed E-state index contributed by atoms with van der Waals surface area (Å²) in [6.45, 7) is 5.29. The Labute approximate surface area is 162 Å². The zero-order valence-corrected chi connectivity index (χ0v) is 16.5. The fraction of sp³-hybridized carbons (Fsp3) is 0.609. The van der Waals surface area contributed by atoms with Gasteiger partial charge >= 0.3 is 0 Å². The lowest BCUT2D eigenvalue weighted by atomic mass is 9.84. The van der Waals surface area contributed by atoms with Crippen LogP contribution in [0.15, 0.2) is 29.8 Å². The van der Waals surface area contributed by atoms with Crippen molar-refractivity contribution < 1.29 is 9.90 Å². The summed E-state index contributed by atoms with van der Waals surface area (Å²) < 4.78 is 0. The molecule has 3 fully saturated rings. The number of hydrogen-bond donors (Lipinski definition) is 1. The second kappa shape index (κ2) is 7.76. The van der Waals surface area contributed by atoms with Gasteiger partial charge in [0, 0.05) is 39.1 Å². The van der Waals surface area contributed by atoms with Gasteiger partial charge < -0.3 is 10.0 Å². The number of nitrogens with zero attached hydrogens (tertiary/aromatic N) is 2. The van der Waals surface area contributed by atoms with Crippen LogP contribution >= 0.6 is 0 Å². The Morgan fingerprint density at radius 3 is 2.22 bits per heavy atom. The van der Waals surface area contributed by atoms with Crippen molar-refractivity contribution in [3.8, 4) is 0 Å². The Bertz CT molecular complexity index is 688. The lowest BCUT2D eigenvalue weighted by Gasteiger charge is -2.40. The van der Waals surface area contributed by atoms with E-state index in [1.165, 1.54) is 50.8 Å². The molecule has 4 heteroatoms. The maximum atomic E-state index is 11.5. The summed E-state index contributed by atoms with van der Waals surface area (Å²) in [5, 5.41) is 11.0. The molecule has 1 saturated carbocycles. The molecule has 0 aromatic heterocycles. The summed E-state index contributed by atoms with van der Waals surface area (Å²) >= 11 is 0. The highest BCUT2D eigenvalue weighted by molar-refractivity contribution is 5.73. The minimum absolute atomic E-state index is 0.0994. The molecule has 0 radical (unpaired) electrons. The van der Waals surface area contributed by atoms with Gasteiger partial charge in [-0.2, -0.15) is 0 Å². The molecule has 0 atom stereocenters. The van der Waals surface area contributed by atoms with Crippen LogP contribution in [0.1, 0.15) is 63.0 Å². The lowest BCUT2D eigenvalue weighted by Crippen LogP contribution is -2.44. The minimum atomic E-state index is -0.800. The average Bonchev–Trinajstić information content (AvgIpc) is 2.63. The third kappa shape index (κ3) is 4.12. The topological polar surface area (TPSA) is 43.8 Å². The molecule has 1 aromatic carbocycles. The maximum absolute atomic E-state index is 11.5. The molecule has 1 aromatic rings. The van der Waals surface area contributed by atoms with Crippen LogP contribution in [0.3, 0.4) is 0 Å². The summed E-state index contributed by atoms with van der Waals surface area (Å²) in [6.07, 6.45) is 10.1. The van der Waals surface area contributed by atoms with Crippen LogP contribution in [-0.4, -0.2) is 53.0 Å². The molecule has 2 aliphatic heterocycles. The van der Waals surface area contributed by atoms with Gasteiger partial charge in [0.15, 0.2) is 0 Å². The minimum Gasteiger partial charge on any atom is -0.385 e. The van der Waals surface area contributed by atoms with Crippen LogP contribution in [0.4, 0.5) is 0 Å². The van der Waals surface area contributed by atoms with Gasteiger partial charge in [-0.05, 0) is 49.7 Å². The van der Waals surface area contributed by atoms with E-state index in [2.05, 4.69) is 35.2 Å². The maximum Gasteiger partial charge on any atom is 0.219 e. The van der Waals surface area contributed by atoms with E-state index in [1.807, 2.05) is 4.90 Å². The van der Waals surface area contributed by atoms with E-state index in [-0.39, 0.29) is 5.91 Å². The molecule has 0 spiro atoms. The summed E-state index contributed by atoms with van der Waals surface area (Å²) in [4.78, 5) is 16.0. The van der Waals surface area contributed by atoms with Crippen molar-refractivity contribution in [1.29, 1.82) is 0 Å². The molecule has 2 heterocycles. The normalized spacial score (nSPS) is 23.8. The number of hydrogen-bond acceptors (Lipinski definition) is 3. The van der Waals surface area contributed by atoms with Crippen LogP contribution < -0.4 is 0 Å².